The van der Waals surface area contributed by atoms with Crippen LogP contribution in [0.15, 0.2) is 115 Å². The number of nitro benzene ring substituents is 1. The number of nitro groups is 1. The first-order valence-electron chi connectivity index (χ1n) is 12.4. The van der Waals surface area contributed by atoms with Crippen LogP contribution < -0.4 is 4.74 Å². The molecule has 0 aliphatic carbocycles. The topological polar surface area (TPSA) is 118 Å². The lowest BCUT2D eigenvalue weighted by Crippen LogP contribution is -2.00. The number of H-pyrrole nitrogens is 1. The molecule has 0 fully saturated rings. The third kappa shape index (κ3) is 4.43. The van der Waals surface area contributed by atoms with Gasteiger partial charge in [-0.1, -0.05) is 66.7 Å². The summed E-state index contributed by atoms with van der Waals surface area (Å²) in [5.74, 6) is -0.625. The van der Waals surface area contributed by atoms with Gasteiger partial charge in [0.1, 0.15) is 17.0 Å². The number of carboxylic acids is 1. The van der Waals surface area contributed by atoms with Crippen LogP contribution in [0.25, 0.3) is 44.5 Å². The van der Waals surface area contributed by atoms with E-state index in [-0.39, 0.29) is 17.0 Å². The summed E-state index contributed by atoms with van der Waals surface area (Å²) in [6.45, 7) is 0. The van der Waals surface area contributed by atoms with Crippen LogP contribution in [0.2, 0.25) is 0 Å². The van der Waals surface area contributed by atoms with Crippen molar-refractivity contribution in [1.82, 2.24) is 9.97 Å². The normalized spacial score (nSPS) is 10.9. The predicted octanol–water partition coefficient (Wildman–Crippen LogP) is 7.96. The second-order valence-corrected chi connectivity index (χ2v) is 9.03. The standard InChI is InChI=1S/C32H21N3O5/c36-32(37)25-12-6-7-13-26(25)40-31-27(21-14-16-23(17-15-21)35(38)39)28(22-9-2-1-3-10-22)34-30(31)29-24-11-5-4-8-20(24)18-19-33-29/h1-19,34H,(H,36,37). The van der Waals surface area contributed by atoms with E-state index in [1.165, 1.54) is 18.2 Å². The van der Waals surface area contributed by atoms with E-state index in [1.54, 1.807) is 36.5 Å². The number of aromatic carboxylic acids is 1. The summed E-state index contributed by atoms with van der Waals surface area (Å²) in [4.78, 5) is 31.2. The van der Waals surface area contributed by atoms with Gasteiger partial charge in [0.05, 0.1) is 21.9 Å². The Hall–Kier alpha value is -5.76. The van der Waals surface area contributed by atoms with Gasteiger partial charge in [-0.25, -0.2) is 4.79 Å². The van der Waals surface area contributed by atoms with Crippen molar-refractivity contribution in [3.05, 3.63) is 131 Å². The summed E-state index contributed by atoms with van der Waals surface area (Å²) in [5, 5.41) is 23.1. The number of rotatable bonds is 7. The number of carboxylic acid groups (broad SMARTS) is 1. The van der Waals surface area contributed by atoms with Crippen molar-refractivity contribution in [3.63, 3.8) is 0 Å². The van der Waals surface area contributed by atoms with Crippen LogP contribution in [-0.2, 0) is 0 Å². The van der Waals surface area contributed by atoms with E-state index in [1.807, 2.05) is 60.7 Å². The molecule has 2 N–H and O–H groups in total. The number of benzene rings is 4. The molecule has 0 saturated carbocycles. The quantitative estimate of drug-likeness (QED) is 0.161. The second-order valence-electron chi connectivity index (χ2n) is 9.03. The monoisotopic (exact) mass is 527 g/mol. The Morgan fingerprint density at radius 3 is 2.25 bits per heavy atom. The van der Waals surface area contributed by atoms with Gasteiger partial charge in [-0.2, -0.15) is 0 Å². The zero-order chi connectivity index (χ0) is 27.6. The highest BCUT2D eigenvalue weighted by Crippen LogP contribution is 2.48. The van der Waals surface area contributed by atoms with Gasteiger partial charge in [0, 0.05) is 23.7 Å². The minimum absolute atomic E-state index is 0.00330. The van der Waals surface area contributed by atoms with Gasteiger partial charge in [0.2, 0.25) is 0 Å². The second kappa shape index (κ2) is 10.2. The molecule has 0 aliphatic heterocycles. The van der Waals surface area contributed by atoms with E-state index in [0.717, 1.165) is 16.3 Å². The predicted molar refractivity (Wildman–Crippen MR) is 153 cm³/mol. The molecule has 4 aromatic carbocycles. The fourth-order valence-corrected chi connectivity index (χ4v) is 4.76. The number of carbonyl (C=O) groups is 1. The Kier molecular flexibility index (Phi) is 6.26. The Labute approximate surface area is 228 Å². The average molecular weight is 528 g/mol. The molecule has 0 unspecified atom stereocenters. The van der Waals surface area contributed by atoms with Crippen molar-refractivity contribution in [3.8, 4) is 45.3 Å². The maximum atomic E-state index is 12.1. The fraction of sp³-hybridized carbons (Fsp3) is 0. The van der Waals surface area contributed by atoms with E-state index in [9.17, 15) is 20.0 Å². The lowest BCUT2D eigenvalue weighted by molar-refractivity contribution is -0.384. The molecule has 194 valence electrons. The minimum Gasteiger partial charge on any atom is -0.478 e. The molecule has 0 aliphatic rings. The van der Waals surface area contributed by atoms with Gasteiger partial charge in [-0.05, 0) is 46.8 Å². The summed E-state index contributed by atoms with van der Waals surface area (Å²) in [6, 6.07) is 31.9. The molecular weight excluding hydrogens is 506 g/mol. The van der Waals surface area contributed by atoms with Crippen molar-refractivity contribution < 1.29 is 19.6 Å². The molecule has 2 aromatic heterocycles. The number of hydrogen-bond acceptors (Lipinski definition) is 5. The lowest BCUT2D eigenvalue weighted by atomic mass is 9.99. The molecule has 0 saturated heterocycles. The molecule has 6 aromatic rings. The van der Waals surface area contributed by atoms with Crippen LogP contribution in [0.1, 0.15) is 10.4 Å². The number of nitrogens with one attached hydrogen (secondary N) is 1. The number of ether oxygens (including phenoxy) is 1. The first kappa shape index (κ1) is 24.6. The largest absolute Gasteiger partial charge is 0.478 e. The van der Waals surface area contributed by atoms with Crippen LogP contribution in [0.4, 0.5) is 5.69 Å². The number of para-hydroxylation sites is 1. The maximum Gasteiger partial charge on any atom is 0.339 e. The van der Waals surface area contributed by atoms with Crippen LogP contribution in [0.3, 0.4) is 0 Å². The highest BCUT2D eigenvalue weighted by atomic mass is 16.6. The third-order valence-corrected chi connectivity index (χ3v) is 6.62. The van der Waals surface area contributed by atoms with Crippen LogP contribution in [-0.4, -0.2) is 26.0 Å². The van der Waals surface area contributed by atoms with E-state index < -0.39 is 10.9 Å². The molecule has 0 spiro atoms. The number of hydrogen-bond donors (Lipinski definition) is 2. The summed E-state index contributed by atoms with van der Waals surface area (Å²) >= 11 is 0. The lowest BCUT2D eigenvalue weighted by Gasteiger charge is -2.13. The summed E-state index contributed by atoms with van der Waals surface area (Å²) in [6.07, 6.45) is 1.71. The fourth-order valence-electron chi connectivity index (χ4n) is 4.76. The number of non-ortho nitro benzene ring substituents is 1. The molecule has 6 rings (SSSR count). The van der Waals surface area contributed by atoms with Crippen LogP contribution >= 0.6 is 0 Å². The SMILES string of the molecule is O=C(O)c1ccccc1Oc1c(-c2nccc3ccccc23)[nH]c(-c2ccccc2)c1-c1ccc([N+](=O)[O-])cc1. The number of nitrogens with zero attached hydrogens (tertiary/aromatic N) is 2. The maximum absolute atomic E-state index is 12.1. The summed E-state index contributed by atoms with van der Waals surface area (Å²) in [7, 11) is 0. The number of aromatic nitrogens is 2. The highest BCUT2D eigenvalue weighted by Gasteiger charge is 2.26. The van der Waals surface area contributed by atoms with E-state index in [4.69, 9.17) is 9.72 Å². The van der Waals surface area contributed by atoms with Gasteiger partial charge in [0.15, 0.2) is 5.75 Å². The average Bonchev–Trinajstić information content (AvgIpc) is 3.36. The smallest absolute Gasteiger partial charge is 0.339 e. The molecule has 0 radical (unpaired) electrons. The van der Waals surface area contributed by atoms with E-state index in [2.05, 4.69) is 4.98 Å². The van der Waals surface area contributed by atoms with E-state index >= 15 is 0 Å². The molecule has 8 nitrogen and oxygen atoms in total. The van der Waals surface area contributed by atoms with Crippen molar-refractivity contribution in [1.29, 1.82) is 0 Å². The molecule has 0 bridgehead atoms. The highest BCUT2D eigenvalue weighted by molar-refractivity contribution is 6.00. The first-order chi connectivity index (χ1) is 19.5. The Balaban J connectivity index is 1.69. The van der Waals surface area contributed by atoms with Crippen LogP contribution in [0, 0.1) is 10.1 Å². The molecule has 40 heavy (non-hydrogen) atoms. The number of aromatic amines is 1. The van der Waals surface area contributed by atoms with Gasteiger partial charge < -0.3 is 14.8 Å². The van der Waals surface area contributed by atoms with Crippen molar-refractivity contribution in [2.75, 3.05) is 0 Å². The summed E-state index contributed by atoms with van der Waals surface area (Å²) < 4.78 is 6.48. The zero-order valence-electron chi connectivity index (χ0n) is 20.9. The Bertz CT molecular complexity index is 1870. The van der Waals surface area contributed by atoms with Gasteiger partial charge in [0.25, 0.3) is 5.69 Å². The molecule has 0 atom stereocenters. The summed E-state index contributed by atoms with van der Waals surface area (Å²) in [5.41, 5.74) is 3.92. The van der Waals surface area contributed by atoms with E-state index in [0.29, 0.717) is 34.0 Å². The van der Waals surface area contributed by atoms with Gasteiger partial charge >= 0.3 is 5.97 Å². The number of pyridine rings is 1. The first-order valence-corrected chi connectivity index (χ1v) is 12.4. The molecule has 2 heterocycles. The Morgan fingerprint density at radius 2 is 1.50 bits per heavy atom. The Morgan fingerprint density at radius 1 is 0.800 bits per heavy atom. The van der Waals surface area contributed by atoms with Crippen LogP contribution in [0.5, 0.6) is 11.5 Å². The molecule has 8 heteroatoms. The molecule has 0 amide bonds. The van der Waals surface area contributed by atoms with Crippen molar-refractivity contribution in [2.45, 2.75) is 0 Å². The van der Waals surface area contributed by atoms with Gasteiger partial charge in [-0.15, -0.1) is 0 Å². The molecular formula is C32H21N3O5. The minimum atomic E-state index is -1.13. The van der Waals surface area contributed by atoms with Crippen molar-refractivity contribution >= 4 is 22.4 Å². The number of fused-ring (bicyclic) bond motifs is 1. The van der Waals surface area contributed by atoms with Gasteiger partial charge in [-0.3, -0.25) is 15.1 Å². The van der Waals surface area contributed by atoms with Crippen molar-refractivity contribution in [2.24, 2.45) is 0 Å². The third-order valence-electron chi connectivity index (χ3n) is 6.62. The zero-order valence-corrected chi connectivity index (χ0v) is 20.9.